The third-order valence-electron chi connectivity index (χ3n) is 2.98. The summed E-state index contributed by atoms with van der Waals surface area (Å²) in [5.41, 5.74) is 1.77. The van der Waals surface area contributed by atoms with Crippen molar-refractivity contribution < 1.29 is 4.79 Å². The Morgan fingerprint density at radius 1 is 1.21 bits per heavy atom. The first kappa shape index (κ1) is 14.2. The molecule has 1 aliphatic rings. The van der Waals surface area contributed by atoms with Gasteiger partial charge in [0.25, 0.3) is 5.91 Å². The minimum atomic E-state index is -0.109. The van der Waals surface area contributed by atoms with Gasteiger partial charge in [0.15, 0.2) is 0 Å². The van der Waals surface area contributed by atoms with Crippen LogP contribution in [-0.2, 0) is 0 Å². The monoisotopic (exact) mass is 295 g/mol. The predicted molar refractivity (Wildman–Crippen MR) is 79.7 cm³/mol. The lowest BCUT2D eigenvalue weighted by Crippen LogP contribution is -2.25. The molecule has 100 valence electrons. The van der Waals surface area contributed by atoms with Gasteiger partial charge in [-0.05, 0) is 43.5 Å². The van der Waals surface area contributed by atoms with E-state index >= 15 is 0 Å². The maximum Gasteiger partial charge on any atom is 0.251 e. The van der Waals surface area contributed by atoms with Crippen molar-refractivity contribution in [3.05, 3.63) is 57.6 Å². The highest BCUT2D eigenvalue weighted by Crippen LogP contribution is 2.19. The standard InChI is InChI=1S/C15H15Cl2NO/c16-13-5-1-3-11(7-8-13)10-18-15(19)12-4-2-6-14(17)9-12/h2,4,6-9H,1,3,5,10H2,(H,18,19). The van der Waals surface area contributed by atoms with Gasteiger partial charge in [0.1, 0.15) is 0 Å². The summed E-state index contributed by atoms with van der Waals surface area (Å²) in [6.45, 7) is 0.548. The van der Waals surface area contributed by atoms with E-state index in [1.165, 1.54) is 5.57 Å². The molecule has 0 aliphatic heterocycles. The second-order valence-corrected chi connectivity index (χ2v) is 5.41. The Bertz CT molecular complexity index is 535. The first-order chi connectivity index (χ1) is 9.15. The minimum absolute atomic E-state index is 0.109. The molecule has 0 heterocycles. The molecule has 0 spiro atoms. The van der Waals surface area contributed by atoms with Crippen LogP contribution in [0.5, 0.6) is 0 Å². The maximum absolute atomic E-state index is 12.0. The Hall–Kier alpha value is -1.25. The molecule has 1 aliphatic carbocycles. The lowest BCUT2D eigenvalue weighted by atomic mass is 10.1. The average molecular weight is 296 g/mol. The van der Waals surface area contributed by atoms with Crippen molar-refractivity contribution in [3.8, 4) is 0 Å². The predicted octanol–water partition coefficient (Wildman–Crippen LogP) is 4.30. The van der Waals surface area contributed by atoms with Crippen LogP contribution in [0.1, 0.15) is 29.6 Å². The molecule has 2 nitrogen and oxygen atoms in total. The van der Waals surface area contributed by atoms with Crippen LogP contribution in [0.15, 0.2) is 47.0 Å². The van der Waals surface area contributed by atoms with Gasteiger partial charge >= 0.3 is 0 Å². The molecular weight excluding hydrogens is 281 g/mol. The molecule has 0 aromatic heterocycles. The fourth-order valence-corrected chi connectivity index (χ4v) is 2.32. The Morgan fingerprint density at radius 2 is 2.05 bits per heavy atom. The maximum atomic E-state index is 12.0. The lowest BCUT2D eigenvalue weighted by Gasteiger charge is -2.08. The summed E-state index contributed by atoms with van der Waals surface area (Å²) in [5.74, 6) is -0.109. The van der Waals surface area contributed by atoms with Gasteiger partial charge in [-0.2, -0.15) is 0 Å². The van der Waals surface area contributed by atoms with Crippen LogP contribution in [0.2, 0.25) is 5.02 Å². The zero-order valence-corrected chi connectivity index (χ0v) is 12.0. The third kappa shape index (κ3) is 4.41. The number of carbonyl (C=O) groups excluding carboxylic acids is 1. The van der Waals surface area contributed by atoms with Crippen molar-refractivity contribution in [2.75, 3.05) is 6.54 Å². The Morgan fingerprint density at radius 3 is 2.84 bits per heavy atom. The van der Waals surface area contributed by atoms with Crippen LogP contribution in [0, 0.1) is 0 Å². The number of benzene rings is 1. The van der Waals surface area contributed by atoms with Gasteiger partial charge in [-0.1, -0.05) is 40.9 Å². The summed E-state index contributed by atoms with van der Waals surface area (Å²) < 4.78 is 0. The first-order valence-electron chi connectivity index (χ1n) is 6.23. The van der Waals surface area contributed by atoms with E-state index in [9.17, 15) is 4.79 Å². The fourth-order valence-electron chi connectivity index (χ4n) is 1.93. The number of rotatable bonds is 3. The Balaban J connectivity index is 1.94. The zero-order chi connectivity index (χ0) is 13.7. The SMILES string of the molecule is O=C(NCC1=CC=C(Cl)CCC1)c1cccc(Cl)c1. The van der Waals surface area contributed by atoms with Crippen molar-refractivity contribution in [2.24, 2.45) is 0 Å². The second-order valence-electron chi connectivity index (χ2n) is 4.49. The second kappa shape index (κ2) is 6.78. The van der Waals surface area contributed by atoms with Crippen molar-refractivity contribution in [1.82, 2.24) is 5.32 Å². The van der Waals surface area contributed by atoms with E-state index in [1.54, 1.807) is 24.3 Å². The lowest BCUT2D eigenvalue weighted by molar-refractivity contribution is 0.0956. The van der Waals surface area contributed by atoms with Crippen molar-refractivity contribution >= 4 is 29.1 Å². The van der Waals surface area contributed by atoms with Gasteiger partial charge in [-0.15, -0.1) is 0 Å². The van der Waals surface area contributed by atoms with Crippen molar-refractivity contribution in [2.45, 2.75) is 19.3 Å². The third-order valence-corrected chi connectivity index (χ3v) is 3.53. The fraction of sp³-hybridized carbons (Fsp3) is 0.267. The van der Waals surface area contributed by atoms with Gasteiger partial charge < -0.3 is 5.32 Å². The molecule has 1 N–H and O–H groups in total. The molecule has 0 radical (unpaired) electrons. The molecule has 0 fully saturated rings. The summed E-state index contributed by atoms with van der Waals surface area (Å²) in [6.07, 6.45) is 6.80. The van der Waals surface area contributed by atoms with E-state index in [1.807, 2.05) is 12.2 Å². The van der Waals surface area contributed by atoms with Gasteiger partial charge in [0.05, 0.1) is 0 Å². The average Bonchev–Trinajstić information content (AvgIpc) is 2.61. The van der Waals surface area contributed by atoms with Crippen LogP contribution >= 0.6 is 23.2 Å². The quantitative estimate of drug-likeness (QED) is 0.885. The highest BCUT2D eigenvalue weighted by molar-refractivity contribution is 6.31. The number of allylic oxidation sites excluding steroid dienone is 3. The van der Waals surface area contributed by atoms with Crippen LogP contribution < -0.4 is 5.32 Å². The number of amides is 1. The van der Waals surface area contributed by atoms with Gasteiger partial charge in [0, 0.05) is 22.2 Å². The molecule has 1 aromatic carbocycles. The molecule has 0 saturated heterocycles. The summed E-state index contributed by atoms with van der Waals surface area (Å²) in [7, 11) is 0. The number of carbonyl (C=O) groups is 1. The number of nitrogens with one attached hydrogen (secondary N) is 1. The molecule has 0 unspecified atom stereocenters. The van der Waals surface area contributed by atoms with Crippen LogP contribution in [0.3, 0.4) is 0 Å². The summed E-state index contributed by atoms with van der Waals surface area (Å²) in [6, 6.07) is 6.93. The van der Waals surface area contributed by atoms with Gasteiger partial charge in [0.2, 0.25) is 0 Å². The Labute approximate surface area is 123 Å². The first-order valence-corrected chi connectivity index (χ1v) is 6.98. The van der Waals surface area contributed by atoms with Crippen LogP contribution in [0.25, 0.3) is 0 Å². The van der Waals surface area contributed by atoms with Crippen LogP contribution in [0.4, 0.5) is 0 Å². The normalized spacial score (nSPS) is 15.3. The van der Waals surface area contributed by atoms with Crippen molar-refractivity contribution in [3.63, 3.8) is 0 Å². The number of hydrogen-bond acceptors (Lipinski definition) is 1. The molecule has 1 aromatic rings. The highest BCUT2D eigenvalue weighted by atomic mass is 35.5. The summed E-state index contributed by atoms with van der Waals surface area (Å²) in [5, 5.41) is 4.34. The van der Waals surface area contributed by atoms with Gasteiger partial charge in [-0.25, -0.2) is 0 Å². The van der Waals surface area contributed by atoms with Gasteiger partial charge in [-0.3, -0.25) is 4.79 Å². The molecule has 0 atom stereocenters. The van der Waals surface area contributed by atoms with E-state index < -0.39 is 0 Å². The molecular formula is C15H15Cl2NO. The summed E-state index contributed by atoms with van der Waals surface area (Å²) in [4.78, 5) is 12.0. The number of halogens is 2. The van der Waals surface area contributed by atoms with E-state index in [2.05, 4.69) is 5.32 Å². The number of hydrogen-bond donors (Lipinski definition) is 1. The molecule has 4 heteroatoms. The molecule has 1 amide bonds. The van der Waals surface area contributed by atoms with Crippen molar-refractivity contribution in [1.29, 1.82) is 0 Å². The summed E-state index contributed by atoms with van der Waals surface area (Å²) >= 11 is 11.8. The minimum Gasteiger partial charge on any atom is -0.348 e. The van der Waals surface area contributed by atoms with E-state index in [0.717, 1.165) is 24.3 Å². The largest absolute Gasteiger partial charge is 0.348 e. The van der Waals surface area contributed by atoms with E-state index in [0.29, 0.717) is 17.1 Å². The molecule has 2 rings (SSSR count). The van der Waals surface area contributed by atoms with Crippen LogP contribution in [-0.4, -0.2) is 12.5 Å². The van der Waals surface area contributed by atoms with E-state index in [-0.39, 0.29) is 5.91 Å². The highest BCUT2D eigenvalue weighted by Gasteiger charge is 2.08. The molecule has 0 bridgehead atoms. The smallest absolute Gasteiger partial charge is 0.251 e. The molecule has 0 saturated carbocycles. The topological polar surface area (TPSA) is 29.1 Å². The molecule has 19 heavy (non-hydrogen) atoms. The van der Waals surface area contributed by atoms with E-state index in [4.69, 9.17) is 23.2 Å². The zero-order valence-electron chi connectivity index (χ0n) is 10.5. The Kier molecular flexibility index (Phi) is 5.06.